The van der Waals surface area contributed by atoms with Crippen molar-refractivity contribution >= 4 is 10.9 Å². The van der Waals surface area contributed by atoms with Gasteiger partial charge in [0.15, 0.2) is 0 Å². The van der Waals surface area contributed by atoms with Crippen molar-refractivity contribution in [3.05, 3.63) is 60.0 Å². The quantitative estimate of drug-likeness (QED) is 0.688. The predicted molar refractivity (Wildman–Crippen MR) is 78.4 cm³/mol. The zero-order chi connectivity index (χ0) is 14.1. The first-order valence-electron chi connectivity index (χ1n) is 6.39. The molecule has 0 saturated heterocycles. The minimum Gasteiger partial charge on any atom is -0.496 e. The SMILES string of the molecule is COc1ccc2nc(C)ccc2c1-c1ccc(F)cc1. The van der Waals surface area contributed by atoms with Crippen molar-refractivity contribution in [1.82, 2.24) is 4.98 Å². The van der Waals surface area contributed by atoms with Crippen LogP contribution < -0.4 is 4.74 Å². The number of nitrogens with zero attached hydrogens (tertiary/aromatic N) is 1. The van der Waals surface area contributed by atoms with Crippen LogP contribution in [0.2, 0.25) is 0 Å². The number of halogens is 1. The highest BCUT2D eigenvalue weighted by Gasteiger charge is 2.11. The van der Waals surface area contributed by atoms with Crippen molar-refractivity contribution in [1.29, 1.82) is 0 Å². The van der Waals surface area contributed by atoms with E-state index in [2.05, 4.69) is 4.98 Å². The number of hydrogen-bond donors (Lipinski definition) is 0. The van der Waals surface area contributed by atoms with Crippen LogP contribution in [0, 0.1) is 12.7 Å². The third kappa shape index (κ3) is 2.11. The Morgan fingerprint density at radius 1 is 0.950 bits per heavy atom. The van der Waals surface area contributed by atoms with Crippen molar-refractivity contribution in [3.8, 4) is 16.9 Å². The monoisotopic (exact) mass is 267 g/mol. The Hall–Kier alpha value is -2.42. The summed E-state index contributed by atoms with van der Waals surface area (Å²) < 4.78 is 18.6. The fourth-order valence-electron chi connectivity index (χ4n) is 2.37. The minimum atomic E-state index is -0.248. The highest BCUT2D eigenvalue weighted by atomic mass is 19.1. The Balaban J connectivity index is 2.33. The van der Waals surface area contributed by atoms with E-state index in [9.17, 15) is 4.39 Å². The number of hydrogen-bond acceptors (Lipinski definition) is 2. The van der Waals surface area contributed by atoms with E-state index < -0.39 is 0 Å². The van der Waals surface area contributed by atoms with Crippen LogP contribution in [0.25, 0.3) is 22.0 Å². The van der Waals surface area contributed by atoms with E-state index in [4.69, 9.17) is 4.74 Å². The molecule has 0 spiro atoms. The second-order valence-corrected chi connectivity index (χ2v) is 4.67. The zero-order valence-corrected chi connectivity index (χ0v) is 11.4. The fourth-order valence-corrected chi connectivity index (χ4v) is 2.37. The smallest absolute Gasteiger partial charge is 0.127 e. The third-order valence-corrected chi connectivity index (χ3v) is 3.33. The van der Waals surface area contributed by atoms with Gasteiger partial charge in [0.25, 0.3) is 0 Å². The third-order valence-electron chi connectivity index (χ3n) is 3.33. The lowest BCUT2D eigenvalue weighted by Crippen LogP contribution is -1.92. The van der Waals surface area contributed by atoms with Crippen molar-refractivity contribution in [2.45, 2.75) is 6.92 Å². The molecule has 100 valence electrons. The molecule has 3 rings (SSSR count). The highest BCUT2D eigenvalue weighted by molar-refractivity contribution is 5.98. The van der Waals surface area contributed by atoms with Gasteiger partial charge in [-0.15, -0.1) is 0 Å². The summed E-state index contributed by atoms with van der Waals surface area (Å²) in [7, 11) is 1.63. The molecule has 0 aliphatic heterocycles. The molecule has 0 aliphatic carbocycles. The molecule has 0 amide bonds. The van der Waals surface area contributed by atoms with E-state index >= 15 is 0 Å². The first-order chi connectivity index (χ1) is 9.69. The number of methoxy groups -OCH3 is 1. The summed E-state index contributed by atoms with van der Waals surface area (Å²) in [5.41, 5.74) is 3.73. The standard InChI is InChI=1S/C17H14FNO/c1-11-3-8-14-15(19-11)9-10-16(20-2)17(14)12-4-6-13(18)7-5-12/h3-10H,1-2H3. The van der Waals surface area contributed by atoms with Crippen molar-refractivity contribution in [2.24, 2.45) is 0 Å². The predicted octanol–water partition coefficient (Wildman–Crippen LogP) is 4.36. The largest absolute Gasteiger partial charge is 0.496 e. The van der Waals surface area contributed by atoms with E-state index in [-0.39, 0.29) is 5.82 Å². The molecular weight excluding hydrogens is 253 g/mol. The molecule has 0 saturated carbocycles. The van der Waals surface area contributed by atoms with Gasteiger partial charge in [0.2, 0.25) is 0 Å². The fraction of sp³-hybridized carbons (Fsp3) is 0.118. The summed E-state index contributed by atoms with van der Waals surface area (Å²) in [6, 6.07) is 14.2. The molecule has 20 heavy (non-hydrogen) atoms. The number of aromatic nitrogens is 1. The zero-order valence-electron chi connectivity index (χ0n) is 11.4. The first kappa shape index (κ1) is 12.6. The van der Waals surface area contributed by atoms with Gasteiger partial charge in [-0.3, -0.25) is 4.98 Å². The number of ether oxygens (including phenoxy) is 1. The normalized spacial score (nSPS) is 10.8. The van der Waals surface area contributed by atoms with Gasteiger partial charge in [0.1, 0.15) is 11.6 Å². The maximum Gasteiger partial charge on any atom is 0.127 e. The van der Waals surface area contributed by atoms with Gasteiger partial charge in [0, 0.05) is 16.6 Å². The summed E-state index contributed by atoms with van der Waals surface area (Å²) in [5.74, 6) is 0.511. The van der Waals surface area contributed by atoms with Crippen molar-refractivity contribution < 1.29 is 9.13 Å². The molecular formula is C17H14FNO. The average Bonchev–Trinajstić information content (AvgIpc) is 2.47. The van der Waals surface area contributed by atoms with Gasteiger partial charge in [-0.2, -0.15) is 0 Å². The lowest BCUT2D eigenvalue weighted by molar-refractivity contribution is 0.417. The number of benzene rings is 2. The lowest BCUT2D eigenvalue weighted by atomic mass is 9.99. The summed E-state index contributed by atoms with van der Waals surface area (Å²) >= 11 is 0. The topological polar surface area (TPSA) is 22.1 Å². The summed E-state index contributed by atoms with van der Waals surface area (Å²) in [5, 5.41) is 1.00. The number of pyridine rings is 1. The summed E-state index contributed by atoms with van der Waals surface area (Å²) in [6.07, 6.45) is 0. The van der Waals surface area contributed by atoms with Crippen LogP contribution in [0.4, 0.5) is 4.39 Å². The number of rotatable bonds is 2. The van der Waals surface area contributed by atoms with Gasteiger partial charge in [-0.1, -0.05) is 18.2 Å². The first-order valence-corrected chi connectivity index (χ1v) is 6.39. The second-order valence-electron chi connectivity index (χ2n) is 4.67. The van der Waals surface area contributed by atoms with Crippen LogP contribution in [0.1, 0.15) is 5.69 Å². The van der Waals surface area contributed by atoms with E-state index in [1.165, 1.54) is 12.1 Å². The van der Waals surface area contributed by atoms with E-state index in [1.807, 2.05) is 31.2 Å². The molecule has 0 aliphatic rings. The molecule has 1 aromatic heterocycles. The van der Waals surface area contributed by atoms with Crippen LogP contribution in [-0.4, -0.2) is 12.1 Å². The Morgan fingerprint density at radius 3 is 2.40 bits per heavy atom. The van der Waals surface area contributed by atoms with Crippen LogP contribution in [-0.2, 0) is 0 Å². The summed E-state index contributed by atoms with van der Waals surface area (Å²) in [6.45, 7) is 1.96. The Bertz CT molecular complexity index is 766. The van der Waals surface area contributed by atoms with Crippen molar-refractivity contribution in [2.75, 3.05) is 7.11 Å². The van der Waals surface area contributed by atoms with Crippen LogP contribution in [0.5, 0.6) is 5.75 Å². The molecule has 0 fully saturated rings. The van der Waals surface area contributed by atoms with Crippen LogP contribution in [0.3, 0.4) is 0 Å². The summed E-state index contributed by atoms with van der Waals surface area (Å²) in [4.78, 5) is 4.53. The molecule has 2 aromatic carbocycles. The van der Waals surface area contributed by atoms with Gasteiger partial charge in [-0.05, 0) is 42.8 Å². The minimum absolute atomic E-state index is 0.248. The maximum atomic E-state index is 13.1. The van der Waals surface area contributed by atoms with Gasteiger partial charge in [-0.25, -0.2) is 4.39 Å². The Morgan fingerprint density at radius 2 is 1.70 bits per heavy atom. The second kappa shape index (κ2) is 4.93. The van der Waals surface area contributed by atoms with E-state index in [0.717, 1.165) is 33.5 Å². The Kier molecular flexibility index (Phi) is 3.11. The molecule has 0 N–H and O–H groups in total. The maximum absolute atomic E-state index is 13.1. The van der Waals surface area contributed by atoms with Crippen LogP contribution in [0.15, 0.2) is 48.5 Å². The van der Waals surface area contributed by atoms with Gasteiger partial charge < -0.3 is 4.74 Å². The molecule has 2 nitrogen and oxygen atoms in total. The van der Waals surface area contributed by atoms with Gasteiger partial charge >= 0.3 is 0 Å². The molecule has 0 radical (unpaired) electrons. The molecule has 1 heterocycles. The van der Waals surface area contributed by atoms with E-state index in [0.29, 0.717) is 0 Å². The molecule has 3 heteroatoms. The van der Waals surface area contributed by atoms with Crippen molar-refractivity contribution in [3.63, 3.8) is 0 Å². The highest BCUT2D eigenvalue weighted by Crippen LogP contribution is 2.36. The molecule has 0 bridgehead atoms. The lowest BCUT2D eigenvalue weighted by Gasteiger charge is -2.12. The van der Waals surface area contributed by atoms with E-state index in [1.54, 1.807) is 19.2 Å². The number of aryl methyl sites for hydroxylation is 1. The van der Waals surface area contributed by atoms with Crippen LogP contribution >= 0.6 is 0 Å². The molecule has 0 unspecified atom stereocenters. The molecule has 0 atom stereocenters. The number of fused-ring (bicyclic) bond motifs is 1. The van der Waals surface area contributed by atoms with Gasteiger partial charge in [0.05, 0.1) is 12.6 Å². The average molecular weight is 267 g/mol. The molecule has 3 aromatic rings. The Labute approximate surface area is 116 Å².